The first-order chi connectivity index (χ1) is 9.65. The Morgan fingerprint density at radius 3 is 2.60 bits per heavy atom. The van der Waals surface area contributed by atoms with Crippen LogP contribution in [-0.2, 0) is 0 Å². The number of hydrogen-bond acceptors (Lipinski definition) is 3. The van der Waals surface area contributed by atoms with E-state index >= 15 is 0 Å². The van der Waals surface area contributed by atoms with Crippen molar-refractivity contribution in [1.29, 1.82) is 0 Å². The van der Waals surface area contributed by atoms with Crippen molar-refractivity contribution in [2.75, 3.05) is 5.32 Å². The van der Waals surface area contributed by atoms with E-state index in [2.05, 4.69) is 10.3 Å². The number of benzene rings is 1. The fourth-order valence-corrected chi connectivity index (χ4v) is 2.17. The summed E-state index contributed by atoms with van der Waals surface area (Å²) in [7, 11) is 0. The van der Waals surface area contributed by atoms with E-state index in [0.29, 0.717) is 11.1 Å². The van der Waals surface area contributed by atoms with Gasteiger partial charge in [0, 0.05) is 18.0 Å². The van der Waals surface area contributed by atoms with Gasteiger partial charge in [0.15, 0.2) is 11.3 Å². The highest BCUT2D eigenvalue weighted by atomic mass is 16.3. The van der Waals surface area contributed by atoms with Crippen molar-refractivity contribution in [3.8, 4) is 0 Å². The Hall–Kier alpha value is -2.62. The molecule has 1 aromatic carbocycles. The molecule has 100 valence electrons. The van der Waals surface area contributed by atoms with Gasteiger partial charge in [0.2, 0.25) is 0 Å². The lowest BCUT2D eigenvalue weighted by molar-refractivity contribution is 0.0998. The molecule has 2 aromatic heterocycles. The van der Waals surface area contributed by atoms with Crippen molar-refractivity contribution in [3.05, 3.63) is 59.5 Å². The van der Waals surface area contributed by atoms with Crippen molar-refractivity contribution in [2.24, 2.45) is 0 Å². The van der Waals surface area contributed by atoms with Crippen LogP contribution in [0.2, 0.25) is 0 Å². The molecule has 4 heteroatoms. The Balaban J connectivity index is 1.93. The Kier molecular flexibility index (Phi) is 2.99. The van der Waals surface area contributed by atoms with E-state index in [1.165, 1.54) is 0 Å². The second-order valence-electron chi connectivity index (χ2n) is 4.72. The average molecular weight is 266 g/mol. The van der Waals surface area contributed by atoms with Gasteiger partial charge in [0.25, 0.3) is 5.91 Å². The summed E-state index contributed by atoms with van der Waals surface area (Å²) in [5.41, 5.74) is 4.16. The molecule has 0 spiro atoms. The number of fused-ring (bicyclic) bond motifs is 1. The molecular formula is C16H14N2O2. The minimum Gasteiger partial charge on any atom is -0.449 e. The van der Waals surface area contributed by atoms with Crippen LogP contribution in [0.5, 0.6) is 0 Å². The minimum atomic E-state index is -0.264. The second-order valence-corrected chi connectivity index (χ2v) is 4.72. The average Bonchev–Trinajstić information content (AvgIpc) is 2.87. The van der Waals surface area contributed by atoms with Gasteiger partial charge < -0.3 is 9.73 Å². The number of amides is 1. The monoisotopic (exact) mass is 266 g/mol. The van der Waals surface area contributed by atoms with Gasteiger partial charge in [-0.15, -0.1) is 0 Å². The molecule has 0 aliphatic rings. The molecule has 0 saturated heterocycles. The van der Waals surface area contributed by atoms with Crippen LogP contribution in [0, 0.1) is 13.8 Å². The van der Waals surface area contributed by atoms with Crippen LogP contribution in [-0.4, -0.2) is 10.9 Å². The van der Waals surface area contributed by atoms with E-state index in [4.69, 9.17) is 4.42 Å². The van der Waals surface area contributed by atoms with E-state index in [1.54, 1.807) is 24.4 Å². The first kappa shape index (κ1) is 12.4. The van der Waals surface area contributed by atoms with Crippen LogP contribution in [0.1, 0.15) is 21.7 Å². The molecule has 0 fully saturated rings. The number of pyridine rings is 1. The Morgan fingerprint density at radius 1 is 1.15 bits per heavy atom. The zero-order valence-electron chi connectivity index (χ0n) is 11.3. The molecular weight excluding hydrogens is 252 g/mol. The summed E-state index contributed by atoms with van der Waals surface area (Å²) in [6, 6.07) is 11.1. The van der Waals surface area contributed by atoms with Gasteiger partial charge in [-0.1, -0.05) is 18.2 Å². The number of nitrogens with one attached hydrogen (secondary N) is 1. The zero-order valence-corrected chi connectivity index (χ0v) is 11.3. The van der Waals surface area contributed by atoms with E-state index in [0.717, 1.165) is 16.8 Å². The van der Waals surface area contributed by atoms with Gasteiger partial charge in [-0.25, -0.2) is 0 Å². The maximum Gasteiger partial charge on any atom is 0.291 e. The van der Waals surface area contributed by atoms with Crippen molar-refractivity contribution in [1.82, 2.24) is 4.98 Å². The summed E-state index contributed by atoms with van der Waals surface area (Å²) >= 11 is 0. The van der Waals surface area contributed by atoms with Crippen LogP contribution >= 0.6 is 0 Å². The van der Waals surface area contributed by atoms with Crippen LogP contribution in [0.4, 0.5) is 5.69 Å². The number of aryl methyl sites for hydroxylation is 2. The number of carbonyl (C=O) groups excluding carboxylic acids is 1. The number of furan rings is 1. The molecule has 0 atom stereocenters. The number of hydrogen-bond donors (Lipinski definition) is 1. The predicted octanol–water partition coefficient (Wildman–Crippen LogP) is 3.70. The number of rotatable bonds is 2. The van der Waals surface area contributed by atoms with Gasteiger partial charge >= 0.3 is 0 Å². The van der Waals surface area contributed by atoms with Crippen molar-refractivity contribution in [2.45, 2.75) is 13.8 Å². The summed E-state index contributed by atoms with van der Waals surface area (Å²) < 4.78 is 5.51. The Morgan fingerprint density at radius 2 is 1.90 bits per heavy atom. The summed E-state index contributed by atoms with van der Waals surface area (Å²) in [6.45, 7) is 3.92. The number of aromatic nitrogens is 1. The van der Waals surface area contributed by atoms with E-state index in [9.17, 15) is 4.79 Å². The number of carbonyl (C=O) groups is 1. The third kappa shape index (κ3) is 2.16. The molecule has 0 unspecified atom stereocenters. The largest absolute Gasteiger partial charge is 0.449 e. The molecule has 0 aliphatic carbocycles. The second kappa shape index (κ2) is 4.81. The smallest absolute Gasteiger partial charge is 0.291 e. The van der Waals surface area contributed by atoms with Crippen LogP contribution in [0.25, 0.3) is 11.1 Å². The van der Waals surface area contributed by atoms with Crippen molar-refractivity contribution < 1.29 is 9.21 Å². The molecule has 1 N–H and O–H groups in total. The highest BCUT2D eigenvalue weighted by Gasteiger charge is 2.14. The highest BCUT2D eigenvalue weighted by molar-refractivity contribution is 6.05. The summed E-state index contributed by atoms with van der Waals surface area (Å²) in [5.74, 6) is 0.00162. The molecule has 3 aromatic rings. The Bertz CT molecular complexity index is 737. The van der Waals surface area contributed by atoms with Crippen LogP contribution in [0.15, 0.2) is 47.0 Å². The topological polar surface area (TPSA) is 55.1 Å². The first-order valence-electron chi connectivity index (χ1n) is 6.37. The van der Waals surface area contributed by atoms with Gasteiger partial charge in [-0.2, -0.15) is 0 Å². The zero-order chi connectivity index (χ0) is 14.1. The van der Waals surface area contributed by atoms with Gasteiger partial charge in [-0.05, 0) is 37.1 Å². The summed E-state index contributed by atoms with van der Waals surface area (Å²) in [5, 5.41) is 2.90. The molecule has 2 heterocycles. The predicted molar refractivity (Wildman–Crippen MR) is 77.9 cm³/mol. The van der Waals surface area contributed by atoms with E-state index in [-0.39, 0.29) is 11.7 Å². The molecule has 4 nitrogen and oxygen atoms in total. The SMILES string of the molecule is Cc1cccc(C)c1NC(=O)c1cc2ncccc2o1. The molecule has 0 bridgehead atoms. The highest BCUT2D eigenvalue weighted by Crippen LogP contribution is 2.22. The number of anilines is 1. The maximum absolute atomic E-state index is 12.3. The maximum atomic E-state index is 12.3. The van der Waals surface area contributed by atoms with Gasteiger partial charge in [0.1, 0.15) is 5.52 Å². The lowest BCUT2D eigenvalue weighted by Crippen LogP contribution is -2.12. The molecule has 20 heavy (non-hydrogen) atoms. The third-order valence-corrected chi connectivity index (χ3v) is 3.23. The van der Waals surface area contributed by atoms with Gasteiger partial charge in [0.05, 0.1) is 0 Å². The number of nitrogens with zero attached hydrogens (tertiary/aromatic N) is 1. The molecule has 1 amide bonds. The lowest BCUT2D eigenvalue weighted by Gasteiger charge is -2.09. The quantitative estimate of drug-likeness (QED) is 0.769. The molecule has 0 aliphatic heterocycles. The molecule has 0 radical (unpaired) electrons. The normalized spacial score (nSPS) is 10.7. The first-order valence-corrected chi connectivity index (χ1v) is 6.37. The van der Waals surface area contributed by atoms with E-state index in [1.807, 2.05) is 32.0 Å². The van der Waals surface area contributed by atoms with Gasteiger partial charge in [-0.3, -0.25) is 9.78 Å². The molecule has 3 rings (SSSR count). The third-order valence-electron chi connectivity index (χ3n) is 3.23. The summed E-state index contributed by atoms with van der Waals surface area (Å²) in [4.78, 5) is 16.4. The molecule has 0 saturated carbocycles. The minimum absolute atomic E-state index is 0.264. The summed E-state index contributed by atoms with van der Waals surface area (Å²) in [6.07, 6.45) is 1.67. The number of para-hydroxylation sites is 1. The fourth-order valence-electron chi connectivity index (χ4n) is 2.17. The van der Waals surface area contributed by atoms with E-state index < -0.39 is 0 Å². The fraction of sp³-hybridized carbons (Fsp3) is 0.125. The van der Waals surface area contributed by atoms with Crippen molar-refractivity contribution >= 4 is 22.7 Å². The Labute approximate surface area is 116 Å². The van der Waals surface area contributed by atoms with Crippen LogP contribution < -0.4 is 5.32 Å². The van der Waals surface area contributed by atoms with Crippen LogP contribution in [0.3, 0.4) is 0 Å². The lowest BCUT2D eigenvalue weighted by atomic mass is 10.1. The standard InChI is InChI=1S/C16H14N2O2/c1-10-5-3-6-11(2)15(10)18-16(19)14-9-12-13(20-14)7-4-8-17-12/h3-9H,1-2H3,(H,18,19). The van der Waals surface area contributed by atoms with Crippen molar-refractivity contribution in [3.63, 3.8) is 0 Å².